The van der Waals surface area contributed by atoms with Gasteiger partial charge >= 0.3 is 5.97 Å². The molecule has 2 saturated heterocycles. The lowest BCUT2D eigenvalue weighted by Crippen LogP contribution is -2.44. The van der Waals surface area contributed by atoms with Crippen molar-refractivity contribution in [3.63, 3.8) is 0 Å². The summed E-state index contributed by atoms with van der Waals surface area (Å²) in [4.78, 5) is 30.8. The average molecular weight is 455 g/mol. The smallest absolute Gasteiger partial charge is 0.309 e. The molecule has 176 valence electrons. The molecule has 0 spiro atoms. The molecule has 0 aliphatic carbocycles. The summed E-state index contributed by atoms with van der Waals surface area (Å²) in [5.41, 5.74) is 1.32. The Morgan fingerprint density at radius 1 is 1.12 bits per heavy atom. The minimum absolute atomic E-state index is 0.147. The van der Waals surface area contributed by atoms with Gasteiger partial charge in [0.15, 0.2) is 11.5 Å². The average Bonchev–Trinajstić information content (AvgIpc) is 3.31. The zero-order chi connectivity index (χ0) is 23.2. The number of benzene rings is 1. The summed E-state index contributed by atoms with van der Waals surface area (Å²) in [5, 5.41) is 9.59. The molecule has 0 bridgehead atoms. The van der Waals surface area contributed by atoms with Crippen LogP contribution in [0.3, 0.4) is 0 Å². The van der Waals surface area contributed by atoms with Gasteiger partial charge in [0.25, 0.3) is 5.91 Å². The van der Waals surface area contributed by atoms with Crippen LogP contribution in [0.25, 0.3) is 0 Å². The standard InChI is InChI=1S/C24H30N4O5/c1-2-31-24(30)19-5-7-28(8-6-19)23(29)20(14-25)16-27-11-9-26(10-12-27)15-18-3-4-21-22(13-18)33-17-32-21/h3-4,13,16,19H,2,5-12,15,17H2,1H3/b20-16-. The van der Waals surface area contributed by atoms with Crippen LogP contribution in [0.2, 0.25) is 0 Å². The summed E-state index contributed by atoms with van der Waals surface area (Å²) < 4.78 is 15.9. The van der Waals surface area contributed by atoms with Crippen LogP contribution < -0.4 is 9.47 Å². The lowest BCUT2D eigenvalue weighted by atomic mass is 9.96. The van der Waals surface area contributed by atoms with Crippen molar-refractivity contribution in [2.75, 3.05) is 52.7 Å². The van der Waals surface area contributed by atoms with Crippen LogP contribution in [0.15, 0.2) is 30.0 Å². The predicted molar refractivity (Wildman–Crippen MR) is 119 cm³/mol. The van der Waals surface area contributed by atoms with Crippen molar-refractivity contribution in [1.82, 2.24) is 14.7 Å². The molecule has 1 aromatic rings. The van der Waals surface area contributed by atoms with Crippen molar-refractivity contribution in [3.05, 3.63) is 35.5 Å². The maximum absolute atomic E-state index is 12.9. The molecule has 4 rings (SSSR count). The molecule has 3 heterocycles. The van der Waals surface area contributed by atoms with E-state index in [1.807, 2.05) is 17.0 Å². The second-order valence-corrected chi connectivity index (χ2v) is 8.47. The number of amides is 1. The van der Waals surface area contributed by atoms with Gasteiger partial charge in [-0.3, -0.25) is 14.5 Å². The zero-order valence-corrected chi connectivity index (χ0v) is 19.0. The number of nitriles is 1. The van der Waals surface area contributed by atoms with Gasteiger partial charge in [-0.1, -0.05) is 6.07 Å². The van der Waals surface area contributed by atoms with E-state index in [4.69, 9.17) is 14.2 Å². The van der Waals surface area contributed by atoms with Crippen molar-refractivity contribution in [3.8, 4) is 17.6 Å². The molecule has 3 aliphatic heterocycles. The maximum Gasteiger partial charge on any atom is 0.309 e. The lowest BCUT2D eigenvalue weighted by Gasteiger charge is -2.35. The van der Waals surface area contributed by atoms with Crippen molar-refractivity contribution in [1.29, 1.82) is 5.26 Å². The normalized spacial score (nSPS) is 19.3. The quantitative estimate of drug-likeness (QED) is 0.364. The van der Waals surface area contributed by atoms with E-state index in [0.717, 1.165) is 44.2 Å². The number of likely N-dealkylation sites (tertiary alicyclic amines) is 1. The number of fused-ring (bicyclic) bond motifs is 1. The van der Waals surface area contributed by atoms with Gasteiger partial charge in [0.1, 0.15) is 11.6 Å². The zero-order valence-electron chi connectivity index (χ0n) is 19.0. The van der Waals surface area contributed by atoms with E-state index in [1.54, 1.807) is 18.0 Å². The summed E-state index contributed by atoms with van der Waals surface area (Å²) in [6.07, 6.45) is 2.83. The molecule has 9 heteroatoms. The Hall–Kier alpha value is -3.25. The molecule has 0 unspecified atom stereocenters. The predicted octanol–water partition coefficient (Wildman–Crippen LogP) is 1.74. The van der Waals surface area contributed by atoms with Crippen LogP contribution in [0.5, 0.6) is 11.5 Å². The number of hydrogen-bond acceptors (Lipinski definition) is 8. The molecule has 0 aromatic heterocycles. The van der Waals surface area contributed by atoms with E-state index in [1.165, 1.54) is 5.56 Å². The maximum atomic E-state index is 12.9. The van der Waals surface area contributed by atoms with Crippen LogP contribution in [0.4, 0.5) is 0 Å². The molecule has 0 N–H and O–H groups in total. The lowest BCUT2D eigenvalue weighted by molar-refractivity contribution is -0.150. The van der Waals surface area contributed by atoms with Crippen molar-refractivity contribution in [2.24, 2.45) is 5.92 Å². The number of piperazine rings is 1. The van der Waals surface area contributed by atoms with E-state index in [9.17, 15) is 14.9 Å². The van der Waals surface area contributed by atoms with Crippen LogP contribution in [0, 0.1) is 17.2 Å². The number of ether oxygens (including phenoxy) is 3. The van der Waals surface area contributed by atoms with Gasteiger partial charge < -0.3 is 24.0 Å². The van der Waals surface area contributed by atoms with Gasteiger partial charge in [-0.25, -0.2) is 0 Å². The Bertz CT molecular complexity index is 941. The highest BCUT2D eigenvalue weighted by Crippen LogP contribution is 2.32. The van der Waals surface area contributed by atoms with Gasteiger partial charge in [0.05, 0.1) is 12.5 Å². The highest BCUT2D eigenvalue weighted by atomic mass is 16.7. The first-order valence-corrected chi connectivity index (χ1v) is 11.5. The number of hydrogen-bond donors (Lipinski definition) is 0. The van der Waals surface area contributed by atoms with Gasteiger partial charge in [0.2, 0.25) is 6.79 Å². The van der Waals surface area contributed by atoms with E-state index in [-0.39, 0.29) is 30.2 Å². The summed E-state index contributed by atoms with van der Waals surface area (Å²) in [5.74, 6) is 0.952. The first-order valence-electron chi connectivity index (χ1n) is 11.5. The third-order valence-corrected chi connectivity index (χ3v) is 6.31. The van der Waals surface area contributed by atoms with E-state index >= 15 is 0 Å². The third-order valence-electron chi connectivity index (χ3n) is 6.31. The molecular weight excluding hydrogens is 424 g/mol. The van der Waals surface area contributed by atoms with Crippen molar-refractivity contribution >= 4 is 11.9 Å². The van der Waals surface area contributed by atoms with E-state index < -0.39 is 0 Å². The third kappa shape index (κ3) is 5.57. The fourth-order valence-electron chi connectivity index (χ4n) is 4.41. The molecule has 0 atom stereocenters. The van der Waals surface area contributed by atoms with Crippen LogP contribution in [-0.2, 0) is 20.9 Å². The Balaban J connectivity index is 1.26. The molecular formula is C24H30N4O5. The fourth-order valence-corrected chi connectivity index (χ4v) is 4.41. The Morgan fingerprint density at radius 2 is 1.85 bits per heavy atom. The number of carbonyl (C=O) groups excluding carboxylic acids is 2. The summed E-state index contributed by atoms with van der Waals surface area (Å²) in [6, 6.07) is 8.09. The Labute approximate surface area is 194 Å². The Kier molecular flexibility index (Phi) is 7.35. The number of rotatable bonds is 6. The summed E-state index contributed by atoms with van der Waals surface area (Å²) >= 11 is 0. The first kappa shape index (κ1) is 22.9. The van der Waals surface area contributed by atoms with Gasteiger partial charge in [-0.05, 0) is 37.5 Å². The van der Waals surface area contributed by atoms with Crippen LogP contribution >= 0.6 is 0 Å². The van der Waals surface area contributed by atoms with Crippen LogP contribution in [0.1, 0.15) is 25.3 Å². The Morgan fingerprint density at radius 3 is 2.55 bits per heavy atom. The molecule has 0 radical (unpaired) electrons. The van der Waals surface area contributed by atoms with E-state index in [2.05, 4.69) is 17.0 Å². The summed E-state index contributed by atoms with van der Waals surface area (Å²) in [7, 11) is 0. The highest BCUT2D eigenvalue weighted by molar-refractivity contribution is 5.97. The highest BCUT2D eigenvalue weighted by Gasteiger charge is 2.30. The molecule has 9 nitrogen and oxygen atoms in total. The second-order valence-electron chi connectivity index (χ2n) is 8.47. The molecule has 33 heavy (non-hydrogen) atoms. The summed E-state index contributed by atoms with van der Waals surface area (Å²) in [6.45, 7) is 7.32. The molecule has 3 aliphatic rings. The topological polar surface area (TPSA) is 95.3 Å². The van der Waals surface area contributed by atoms with E-state index in [0.29, 0.717) is 32.5 Å². The molecule has 0 saturated carbocycles. The van der Waals surface area contributed by atoms with Crippen molar-refractivity contribution in [2.45, 2.75) is 26.3 Å². The monoisotopic (exact) mass is 454 g/mol. The molecule has 1 aromatic carbocycles. The minimum Gasteiger partial charge on any atom is -0.466 e. The van der Waals surface area contributed by atoms with Gasteiger partial charge in [0, 0.05) is 52.0 Å². The van der Waals surface area contributed by atoms with Gasteiger partial charge in [-0.15, -0.1) is 0 Å². The second kappa shape index (κ2) is 10.6. The number of nitrogens with zero attached hydrogens (tertiary/aromatic N) is 4. The molecule has 2 fully saturated rings. The fraction of sp³-hybridized carbons (Fsp3) is 0.542. The minimum atomic E-state index is -0.261. The number of piperidine rings is 1. The SMILES string of the molecule is CCOC(=O)C1CCN(C(=O)/C(C#N)=C\N2CCN(Cc3ccc4c(c3)OCO4)CC2)CC1. The van der Waals surface area contributed by atoms with Crippen LogP contribution in [-0.4, -0.2) is 79.2 Å². The first-order chi connectivity index (χ1) is 16.1. The van der Waals surface area contributed by atoms with Crippen molar-refractivity contribution < 1.29 is 23.8 Å². The molecule has 1 amide bonds. The number of carbonyl (C=O) groups is 2. The van der Waals surface area contributed by atoms with Gasteiger partial charge in [-0.2, -0.15) is 5.26 Å². The number of esters is 1. The largest absolute Gasteiger partial charge is 0.466 e.